The van der Waals surface area contributed by atoms with Gasteiger partial charge in [-0.1, -0.05) is 26.0 Å². The average molecular weight is 383 g/mol. The maximum absolute atomic E-state index is 12.2. The lowest BCUT2D eigenvalue weighted by Crippen LogP contribution is -2.50. The molecule has 1 unspecified atom stereocenters. The molecule has 0 aliphatic carbocycles. The normalized spacial score (nSPS) is 14.9. The van der Waals surface area contributed by atoms with E-state index < -0.39 is 17.9 Å². The molecule has 0 fully saturated rings. The van der Waals surface area contributed by atoms with Crippen LogP contribution in [0.5, 0.6) is 11.5 Å². The van der Waals surface area contributed by atoms with Gasteiger partial charge >= 0.3 is 0 Å². The van der Waals surface area contributed by atoms with Crippen molar-refractivity contribution < 1.29 is 23.9 Å². The summed E-state index contributed by atoms with van der Waals surface area (Å²) in [6.45, 7) is 3.63. The van der Waals surface area contributed by atoms with Crippen LogP contribution in [0.25, 0.3) is 0 Å². The van der Waals surface area contributed by atoms with Crippen LogP contribution in [0.15, 0.2) is 48.5 Å². The fraction of sp³-hybridized carbons (Fsp3) is 0.250. The van der Waals surface area contributed by atoms with Gasteiger partial charge < -0.3 is 14.8 Å². The van der Waals surface area contributed by atoms with E-state index in [1.165, 1.54) is 0 Å². The van der Waals surface area contributed by atoms with E-state index in [0.717, 1.165) is 0 Å². The Morgan fingerprint density at radius 1 is 0.964 bits per heavy atom. The van der Waals surface area contributed by atoms with Gasteiger partial charge in [0.15, 0.2) is 11.5 Å². The van der Waals surface area contributed by atoms with Crippen LogP contribution in [-0.2, 0) is 9.59 Å². The molecule has 0 saturated heterocycles. The van der Waals surface area contributed by atoms with Gasteiger partial charge in [0, 0.05) is 17.2 Å². The number of fused-ring (bicyclic) bond motifs is 1. The maximum Gasteiger partial charge on any atom is 0.283 e. The molecule has 2 aromatic rings. The predicted molar refractivity (Wildman–Crippen MR) is 102 cm³/mol. The van der Waals surface area contributed by atoms with E-state index in [-0.39, 0.29) is 18.4 Å². The summed E-state index contributed by atoms with van der Waals surface area (Å²) < 4.78 is 11.1. The second-order valence-electron chi connectivity index (χ2n) is 6.53. The van der Waals surface area contributed by atoms with Crippen LogP contribution in [0.3, 0.4) is 0 Å². The monoisotopic (exact) mass is 383 g/mol. The highest BCUT2D eigenvalue weighted by molar-refractivity contribution is 5.97. The molecule has 1 aliphatic heterocycles. The highest BCUT2D eigenvalue weighted by Crippen LogP contribution is 2.30. The SMILES string of the molecule is CC(C)C(=O)Nc1ccc(C(=O)NNC(=O)C2COc3ccccc3O2)cc1. The zero-order valence-electron chi connectivity index (χ0n) is 15.5. The molecule has 3 rings (SSSR count). The molecule has 1 atom stereocenters. The van der Waals surface area contributed by atoms with Crippen LogP contribution >= 0.6 is 0 Å². The summed E-state index contributed by atoms with van der Waals surface area (Å²) in [5.41, 5.74) is 5.58. The minimum absolute atomic E-state index is 0.0446. The van der Waals surface area contributed by atoms with Gasteiger partial charge in [-0.05, 0) is 36.4 Å². The fourth-order valence-corrected chi connectivity index (χ4v) is 2.41. The minimum Gasteiger partial charge on any atom is -0.485 e. The maximum atomic E-state index is 12.2. The van der Waals surface area contributed by atoms with Crippen molar-refractivity contribution >= 4 is 23.4 Å². The first kappa shape index (κ1) is 19.2. The molecule has 28 heavy (non-hydrogen) atoms. The first-order chi connectivity index (χ1) is 13.4. The van der Waals surface area contributed by atoms with Crippen molar-refractivity contribution in [3.05, 3.63) is 54.1 Å². The topological polar surface area (TPSA) is 106 Å². The number of carbonyl (C=O) groups is 3. The molecule has 1 aliphatic rings. The summed E-state index contributed by atoms with van der Waals surface area (Å²) in [4.78, 5) is 36.1. The molecule has 0 saturated carbocycles. The zero-order chi connectivity index (χ0) is 20.1. The van der Waals surface area contributed by atoms with Crippen LogP contribution in [0, 0.1) is 5.92 Å². The van der Waals surface area contributed by atoms with Crippen molar-refractivity contribution in [3.8, 4) is 11.5 Å². The highest BCUT2D eigenvalue weighted by atomic mass is 16.6. The van der Waals surface area contributed by atoms with Gasteiger partial charge in [0.25, 0.3) is 11.8 Å². The first-order valence-corrected chi connectivity index (χ1v) is 8.83. The number of anilines is 1. The molecular weight excluding hydrogens is 362 g/mol. The van der Waals surface area contributed by atoms with Crippen molar-refractivity contribution in [2.75, 3.05) is 11.9 Å². The lowest BCUT2D eigenvalue weighted by atomic mass is 10.1. The van der Waals surface area contributed by atoms with Gasteiger partial charge in [-0.2, -0.15) is 0 Å². The van der Waals surface area contributed by atoms with E-state index >= 15 is 0 Å². The van der Waals surface area contributed by atoms with E-state index in [1.54, 1.807) is 56.3 Å². The lowest BCUT2D eigenvalue weighted by Gasteiger charge is -2.25. The number of hydrogen-bond acceptors (Lipinski definition) is 5. The molecule has 1 heterocycles. The summed E-state index contributed by atoms with van der Waals surface area (Å²) in [5.74, 6) is -0.229. The third kappa shape index (κ3) is 4.59. The summed E-state index contributed by atoms with van der Waals surface area (Å²) in [7, 11) is 0. The van der Waals surface area contributed by atoms with Crippen molar-refractivity contribution in [2.45, 2.75) is 20.0 Å². The Bertz CT molecular complexity index is 880. The minimum atomic E-state index is -0.871. The van der Waals surface area contributed by atoms with E-state index in [1.807, 2.05) is 6.07 Å². The van der Waals surface area contributed by atoms with Crippen LogP contribution in [0.4, 0.5) is 5.69 Å². The Morgan fingerprint density at radius 2 is 1.64 bits per heavy atom. The Balaban J connectivity index is 1.51. The molecule has 3 N–H and O–H groups in total. The van der Waals surface area contributed by atoms with E-state index in [4.69, 9.17) is 9.47 Å². The number of carbonyl (C=O) groups excluding carboxylic acids is 3. The summed E-state index contributed by atoms with van der Waals surface area (Å²) in [5, 5.41) is 2.74. The molecule has 8 heteroatoms. The Kier molecular flexibility index (Phi) is 5.78. The molecule has 3 amide bonds. The highest BCUT2D eigenvalue weighted by Gasteiger charge is 2.27. The molecule has 0 aromatic heterocycles. The van der Waals surface area contributed by atoms with Gasteiger partial charge in [-0.3, -0.25) is 25.2 Å². The van der Waals surface area contributed by atoms with Gasteiger partial charge in [0.2, 0.25) is 12.0 Å². The first-order valence-electron chi connectivity index (χ1n) is 8.83. The molecule has 146 valence electrons. The van der Waals surface area contributed by atoms with E-state index in [9.17, 15) is 14.4 Å². The summed E-state index contributed by atoms with van der Waals surface area (Å²) in [6.07, 6.45) is -0.871. The number of hydrazine groups is 1. The average Bonchev–Trinajstić information content (AvgIpc) is 2.71. The third-order valence-electron chi connectivity index (χ3n) is 4.04. The largest absolute Gasteiger partial charge is 0.485 e. The van der Waals surface area contributed by atoms with E-state index in [0.29, 0.717) is 22.7 Å². The van der Waals surface area contributed by atoms with Crippen LogP contribution in [0.2, 0.25) is 0 Å². The van der Waals surface area contributed by atoms with Crippen molar-refractivity contribution in [1.29, 1.82) is 0 Å². The second kappa shape index (κ2) is 8.43. The molecule has 0 radical (unpaired) electrons. The summed E-state index contributed by atoms with van der Waals surface area (Å²) >= 11 is 0. The van der Waals surface area contributed by atoms with Gasteiger partial charge in [0.05, 0.1) is 0 Å². The van der Waals surface area contributed by atoms with Gasteiger partial charge in [-0.15, -0.1) is 0 Å². The van der Waals surface area contributed by atoms with Crippen LogP contribution in [-0.4, -0.2) is 30.4 Å². The number of nitrogens with one attached hydrogen (secondary N) is 3. The number of ether oxygens (including phenoxy) is 2. The number of rotatable bonds is 4. The van der Waals surface area contributed by atoms with Crippen molar-refractivity contribution in [2.24, 2.45) is 5.92 Å². The lowest BCUT2D eigenvalue weighted by molar-refractivity contribution is -0.131. The molecular formula is C20H21N3O5. The Morgan fingerprint density at radius 3 is 2.32 bits per heavy atom. The number of benzene rings is 2. The van der Waals surface area contributed by atoms with Crippen LogP contribution < -0.4 is 25.6 Å². The Labute approximate surface area is 162 Å². The van der Waals surface area contributed by atoms with Crippen molar-refractivity contribution in [3.63, 3.8) is 0 Å². The number of para-hydroxylation sites is 2. The predicted octanol–water partition coefficient (Wildman–Crippen LogP) is 1.88. The van der Waals surface area contributed by atoms with Crippen molar-refractivity contribution in [1.82, 2.24) is 10.9 Å². The molecule has 8 nitrogen and oxygen atoms in total. The molecule has 0 spiro atoms. The Hall–Kier alpha value is -3.55. The quantitative estimate of drug-likeness (QED) is 0.699. The smallest absolute Gasteiger partial charge is 0.283 e. The number of amides is 3. The molecule has 0 bridgehead atoms. The third-order valence-corrected chi connectivity index (χ3v) is 4.04. The standard InChI is InChI=1S/C20H21N3O5/c1-12(2)18(24)21-14-9-7-13(8-10-14)19(25)22-23-20(26)17-11-27-15-5-3-4-6-16(15)28-17/h3-10,12,17H,11H2,1-2H3,(H,21,24)(H,22,25)(H,23,26). The number of hydrogen-bond donors (Lipinski definition) is 3. The van der Waals surface area contributed by atoms with Gasteiger partial charge in [-0.25, -0.2) is 0 Å². The fourth-order valence-electron chi connectivity index (χ4n) is 2.41. The summed E-state index contributed by atoms with van der Waals surface area (Å²) in [6, 6.07) is 13.4. The zero-order valence-corrected chi connectivity index (χ0v) is 15.5. The van der Waals surface area contributed by atoms with Crippen LogP contribution in [0.1, 0.15) is 24.2 Å². The molecule has 2 aromatic carbocycles. The van der Waals surface area contributed by atoms with Gasteiger partial charge in [0.1, 0.15) is 6.61 Å². The second-order valence-corrected chi connectivity index (χ2v) is 6.53. The van der Waals surface area contributed by atoms with E-state index in [2.05, 4.69) is 16.2 Å².